The molecule has 0 amide bonds. The zero-order valence-electron chi connectivity index (χ0n) is 6.18. The summed E-state index contributed by atoms with van der Waals surface area (Å²) in [5.41, 5.74) is 0.336. The van der Waals surface area contributed by atoms with Gasteiger partial charge in [-0.1, -0.05) is 6.58 Å². The van der Waals surface area contributed by atoms with E-state index in [0.717, 1.165) is 0 Å². The van der Waals surface area contributed by atoms with Crippen molar-refractivity contribution in [2.45, 2.75) is 0 Å². The van der Waals surface area contributed by atoms with E-state index in [-0.39, 0.29) is 11.6 Å². The van der Waals surface area contributed by atoms with Crippen LogP contribution in [0.15, 0.2) is 30.9 Å². The number of hydrogen-bond acceptors (Lipinski definition) is 1. The van der Waals surface area contributed by atoms with E-state index in [1.165, 1.54) is 12.1 Å². The van der Waals surface area contributed by atoms with Gasteiger partial charge in [0, 0.05) is 9.13 Å². The summed E-state index contributed by atoms with van der Waals surface area (Å²) in [7, 11) is 0. The first kappa shape index (κ1) is 9.38. The van der Waals surface area contributed by atoms with Crippen molar-refractivity contribution >= 4 is 28.4 Å². The fourth-order valence-electron chi connectivity index (χ4n) is 0.767. The first-order valence-corrected chi connectivity index (χ1v) is 4.35. The van der Waals surface area contributed by atoms with Crippen LogP contribution in [0.25, 0.3) is 0 Å². The molecule has 3 heteroatoms. The van der Waals surface area contributed by atoms with E-state index in [0.29, 0.717) is 9.13 Å². The Morgan fingerprint density at radius 2 is 2.25 bits per heavy atom. The molecule has 0 spiro atoms. The van der Waals surface area contributed by atoms with Crippen molar-refractivity contribution in [3.63, 3.8) is 0 Å². The van der Waals surface area contributed by atoms with Gasteiger partial charge in [0.2, 0.25) is 0 Å². The predicted octanol–water partition coefficient (Wildman–Crippen LogP) is 2.80. The van der Waals surface area contributed by atoms with Crippen LogP contribution >= 0.6 is 22.6 Å². The van der Waals surface area contributed by atoms with Gasteiger partial charge in [0.1, 0.15) is 5.82 Å². The standard InChI is InChI=1S/C9H6FIO/c1-2-9(12)6-3-4-8(11)7(10)5-6/h2-5H,1H2. The minimum atomic E-state index is -0.372. The van der Waals surface area contributed by atoms with E-state index in [9.17, 15) is 9.18 Å². The van der Waals surface area contributed by atoms with Crippen LogP contribution in [-0.4, -0.2) is 5.78 Å². The third kappa shape index (κ3) is 1.91. The Labute approximate surface area is 83.4 Å². The highest BCUT2D eigenvalue weighted by Gasteiger charge is 2.04. The van der Waals surface area contributed by atoms with Gasteiger partial charge < -0.3 is 0 Å². The fraction of sp³-hybridized carbons (Fsp3) is 0. The molecule has 0 aromatic heterocycles. The SMILES string of the molecule is C=CC(=O)c1ccc(I)c(F)c1. The van der Waals surface area contributed by atoms with E-state index in [2.05, 4.69) is 6.58 Å². The van der Waals surface area contributed by atoms with Crippen LogP contribution in [0.3, 0.4) is 0 Å². The summed E-state index contributed by atoms with van der Waals surface area (Å²) >= 11 is 1.86. The molecule has 0 bridgehead atoms. The van der Waals surface area contributed by atoms with Crippen LogP contribution in [-0.2, 0) is 0 Å². The molecule has 0 aliphatic carbocycles. The maximum absolute atomic E-state index is 12.9. The summed E-state index contributed by atoms with van der Waals surface area (Å²) in [6.45, 7) is 3.32. The Morgan fingerprint density at radius 3 is 2.75 bits per heavy atom. The lowest BCUT2D eigenvalue weighted by Gasteiger charge is -1.97. The summed E-state index contributed by atoms with van der Waals surface area (Å²) < 4.78 is 13.4. The number of rotatable bonds is 2. The van der Waals surface area contributed by atoms with Crippen molar-refractivity contribution in [2.24, 2.45) is 0 Å². The van der Waals surface area contributed by atoms with Crippen molar-refractivity contribution in [3.05, 3.63) is 45.8 Å². The lowest BCUT2D eigenvalue weighted by atomic mass is 10.1. The normalized spacial score (nSPS) is 9.50. The lowest BCUT2D eigenvalue weighted by molar-refractivity contribution is 0.104. The molecule has 1 aromatic rings. The number of ketones is 1. The quantitative estimate of drug-likeness (QED) is 0.461. The van der Waals surface area contributed by atoms with E-state index in [4.69, 9.17) is 0 Å². The van der Waals surface area contributed by atoms with Crippen molar-refractivity contribution in [2.75, 3.05) is 0 Å². The Morgan fingerprint density at radius 1 is 1.58 bits per heavy atom. The molecule has 0 saturated carbocycles. The number of hydrogen-bond donors (Lipinski definition) is 0. The zero-order valence-corrected chi connectivity index (χ0v) is 8.34. The van der Waals surface area contributed by atoms with E-state index in [1.807, 2.05) is 22.6 Å². The number of allylic oxidation sites excluding steroid dienone is 1. The van der Waals surface area contributed by atoms with Crippen LogP contribution < -0.4 is 0 Å². The van der Waals surface area contributed by atoms with Crippen LogP contribution in [0.4, 0.5) is 4.39 Å². The molecule has 1 rings (SSSR count). The molecule has 0 aliphatic rings. The molecule has 0 saturated heterocycles. The molecule has 0 fully saturated rings. The average molecular weight is 276 g/mol. The van der Waals surface area contributed by atoms with Gasteiger partial charge in [-0.3, -0.25) is 4.79 Å². The van der Waals surface area contributed by atoms with E-state index >= 15 is 0 Å². The van der Waals surface area contributed by atoms with Crippen LogP contribution in [0.2, 0.25) is 0 Å². The first-order chi connectivity index (χ1) is 5.65. The second-order valence-electron chi connectivity index (χ2n) is 2.20. The molecule has 0 aliphatic heterocycles. The van der Waals surface area contributed by atoms with Gasteiger partial charge in [-0.15, -0.1) is 0 Å². The minimum Gasteiger partial charge on any atom is -0.289 e. The summed E-state index contributed by atoms with van der Waals surface area (Å²) in [5, 5.41) is 0. The Balaban J connectivity index is 3.13. The molecule has 0 heterocycles. The number of carbonyl (C=O) groups is 1. The Kier molecular flexibility index (Phi) is 2.97. The van der Waals surface area contributed by atoms with Gasteiger partial charge in [0.05, 0.1) is 0 Å². The highest BCUT2D eigenvalue weighted by atomic mass is 127. The second kappa shape index (κ2) is 3.80. The van der Waals surface area contributed by atoms with E-state index in [1.54, 1.807) is 12.1 Å². The van der Waals surface area contributed by atoms with Gasteiger partial charge in [-0.2, -0.15) is 0 Å². The Hall–Kier alpha value is -0.710. The third-order valence-electron chi connectivity index (χ3n) is 1.39. The third-order valence-corrected chi connectivity index (χ3v) is 2.26. The van der Waals surface area contributed by atoms with Crippen molar-refractivity contribution in [3.8, 4) is 0 Å². The lowest BCUT2D eigenvalue weighted by Crippen LogP contribution is -1.95. The highest BCUT2D eigenvalue weighted by Crippen LogP contribution is 2.12. The smallest absolute Gasteiger partial charge is 0.185 e. The summed E-state index contributed by atoms with van der Waals surface area (Å²) in [5.74, 6) is -0.631. The molecule has 12 heavy (non-hydrogen) atoms. The zero-order chi connectivity index (χ0) is 9.14. The molecule has 0 radical (unpaired) electrons. The fourth-order valence-corrected chi connectivity index (χ4v) is 1.10. The molecular weight excluding hydrogens is 270 g/mol. The van der Waals surface area contributed by atoms with Gasteiger partial charge >= 0.3 is 0 Å². The van der Waals surface area contributed by atoms with Gasteiger partial charge in [-0.05, 0) is 46.9 Å². The van der Waals surface area contributed by atoms with Crippen molar-refractivity contribution < 1.29 is 9.18 Å². The van der Waals surface area contributed by atoms with Gasteiger partial charge in [0.25, 0.3) is 0 Å². The number of carbonyl (C=O) groups excluding carboxylic acids is 1. The minimum absolute atomic E-state index is 0.259. The van der Waals surface area contributed by atoms with Crippen molar-refractivity contribution in [1.82, 2.24) is 0 Å². The summed E-state index contributed by atoms with van der Waals surface area (Å²) in [6.07, 6.45) is 1.17. The molecule has 62 valence electrons. The van der Waals surface area contributed by atoms with Gasteiger partial charge in [0.15, 0.2) is 5.78 Å². The molecular formula is C9H6FIO. The maximum atomic E-state index is 12.9. The van der Waals surface area contributed by atoms with Crippen molar-refractivity contribution in [1.29, 1.82) is 0 Å². The topological polar surface area (TPSA) is 17.1 Å². The molecule has 1 aromatic carbocycles. The largest absolute Gasteiger partial charge is 0.289 e. The molecule has 0 unspecified atom stereocenters. The maximum Gasteiger partial charge on any atom is 0.185 e. The highest BCUT2D eigenvalue weighted by molar-refractivity contribution is 14.1. The predicted molar refractivity (Wildman–Crippen MR) is 53.6 cm³/mol. The molecule has 0 atom stereocenters. The van der Waals surface area contributed by atoms with Crippen LogP contribution in [0.1, 0.15) is 10.4 Å². The summed E-state index contributed by atoms with van der Waals surface area (Å²) in [6, 6.07) is 4.35. The van der Waals surface area contributed by atoms with Crippen LogP contribution in [0.5, 0.6) is 0 Å². The second-order valence-corrected chi connectivity index (χ2v) is 3.36. The molecule has 1 nitrogen and oxygen atoms in total. The Bertz CT molecular complexity index is 333. The van der Waals surface area contributed by atoms with Gasteiger partial charge in [-0.25, -0.2) is 4.39 Å². The number of halogens is 2. The monoisotopic (exact) mass is 276 g/mol. The molecule has 0 N–H and O–H groups in total. The average Bonchev–Trinajstić information content (AvgIpc) is 2.08. The number of benzene rings is 1. The van der Waals surface area contributed by atoms with E-state index < -0.39 is 0 Å². The summed E-state index contributed by atoms with van der Waals surface area (Å²) in [4.78, 5) is 11.0. The first-order valence-electron chi connectivity index (χ1n) is 3.27. The van der Waals surface area contributed by atoms with Crippen LogP contribution in [0, 0.1) is 9.39 Å².